The van der Waals surface area contributed by atoms with Gasteiger partial charge in [-0.15, -0.1) is 0 Å². The van der Waals surface area contributed by atoms with Gasteiger partial charge in [0.05, 0.1) is 0 Å². The average molecular weight is 642 g/mol. The second-order valence-corrected chi connectivity index (χ2v) is 30.1. The van der Waals surface area contributed by atoms with Gasteiger partial charge in [-0.1, -0.05) is 0 Å². The van der Waals surface area contributed by atoms with Crippen LogP contribution in [0.5, 0.6) is 0 Å². The molecule has 0 N–H and O–H groups in total. The molecule has 220 valence electrons. The van der Waals surface area contributed by atoms with Crippen LogP contribution >= 0.6 is 0 Å². The molecule has 0 saturated heterocycles. The van der Waals surface area contributed by atoms with Crippen LogP contribution in [0.4, 0.5) is 0 Å². The van der Waals surface area contributed by atoms with Crippen LogP contribution in [0.15, 0.2) is 72.8 Å². The van der Waals surface area contributed by atoms with Crippen LogP contribution in [0.3, 0.4) is 0 Å². The van der Waals surface area contributed by atoms with Crippen LogP contribution in [-0.4, -0.2) is 21.3 Å². The molecule has 0 aliphatic heterocycles. The summed E-state index contributed by atoms with van der Waals surface area (Å²) in [5.41, 5.74) is 6.33. The second-order valence-electron chi connectivity index (χ2n) is 13.5. The van der Waals surface area contributed by atoms with Gasteiger partial charge in [0, 0.05) is 0 Å². The Labute approximate surface area is 264 Å². The van der Waals surface area contributed by atoms with Crippen molar-refractivity contribution < 1.29 is 0 Å². The van der Waals surface area contributed by atoms with Gasteiger partial charge in [0.15, 0.2) is 0 Å². The van der Waals surface area contributed by atoms with Crippen LogP contribution in [0.1, 0.15) is 73.4 Å². The SMILES string of the molecule is CC[Si](C#Cc1c2cc3ccccc3cc2c(C#[C][Ge]([CH](C)C)([CH](C)C)[CH](C)C)c2cc3ccccc3cc12)(CC)CC. The van der Waals surface area contributed by atoms with E-state index in [1.54, 1.807) is 0 Å². The van der Waals surface area contributed by atoms with Gasteiger partial charge in [0.2, 0.25) is 0 Å². The first-order chi connectivity index (χ1) is 20.6. The van der Waals surface area contributed by atoms with Crippen molar-refractivity contribution in [2.24, 2.45) is 0 Å². The summed E-state index contributed by atoms with van der Waals surface area (Å²) >= 11 is -2.60. The van der Waals surface area contributed by atoms with Gasteiger partial charge in [-0.05, 0) is 0 Å². The number of rotatable bonds is 6. The minimum absolute atomic E-state index is 0.632. The Hall–Kier alpha value is -2.98. The van der Waals surface area contributed by atoms with E-state index in [1.807, 2.05) is 0 Å². The first-order valence-electron chi connectivity index (χ1n) is 16.5. The van der Waals surface area contributed by atoms with Gasteiger partial charge < -0.3 is 0 Å². The zero-order valence-electron chi connectivity index (χ0n) is 27.8. The number of fused-ring (bicyclic) bond motifs is 4. The zero-order chi connectivity index (χ0) is 30.9. The van der Waals surface area contributed by atoms with Gasteiger partial charge in [0.25, 0.3) is 0 Å². The van der Waals surface area contributed by atoms with E-state index in [9.17, 15) is 0 Å². The predicted molar refractivity (Wildman–Crippen MR) is 198 cm³/mol. The Balaban J connectivity index is 2.01. The van der Waals surface area contributed by atoms with Crippen molar-refractivity contribution in [3.8, 4) is 22.1 Å². The molecule has 2 heteroatoms. The van der Waals surface area contributed by atoms with Crippen molar-refractivity contribution >= 4 is 64.4 Å². The molecule has 5 aromatic carbocycles. The summed E-state index contributed by atoms with van der Waals surface area (Å²) in [6, 6.07) is 30.7. The molecule has 0 aliphatic carbocycles. The van der Waals surface area contributed by atoms with Gasteiger partial charge in [-0.25, -0.2) is 0 Å². The molecule has 0 saturated carbocycles. The molecule has 0 fully saturated rings. The van der Waals surface area contributed by atoms with Crippen LogP contribution in [0, 0.1) is 22.1 Å². The number of benzene rings is 5. The predicted octanol–water partition coefficient (Wildman–Crippen LogP) is 12.3. The van der Waals surface area contributed by atoms with E-state index >= 15 is 0 Å². The van der Waals surface area contributed by atoms with E-state index in [1.165, 1.54) is 72.3 Å². The number of hydrogen-bond donors (Lipinski definition) is 0. The quantitative estimate of drug-likeness (QED) is 0.0983. The summed E-state index contributed by atoms with van der Waals surface area (Å²) in [6.45, 7) is 21.6. The van der Waals surface area contributed by atoms with Gasteiger partial charge >= 0.3 is 265 Å². The van der Waals surface area contributed by atoms with E-state index in [4.69, 9.17) is 0 Å². The molecular formula is C41H48GeSi. The Morgan fingerprint density at radius 1 is 0.535 bits per heavy atom. The van der Waals surface area contributed by atoms with E-state index in [0.29, 0.717) is 14.3 Å². The molecule has 0 amide bonds. The summed E-state index contributed by atoms with van der Waals surface area (Å²) in [5, 5.41) is 10.1. The van der Waals surface area contributed by atoms with Gasteiger partial charge in [-0.2, -0.15) is 0 Å². The van der Waals surface area contributed by atoms with E-state index < -0.39 is 21.3 Å². The molecule has 0 bridgehead atoms. The van der Waals surface area contributed by atoms with Gasteiger partial charge in [-0.3, -0.25) is 0 Å². The fourth-order valence-electron chi connectivity index (χ4n) is 7.68. The van der Waals surface area contributed by atoms with Crippen molar-refractivity contribution in [3.05, 3.63) is 83.9 Å². The number of hydrogen-bond acceptors (Lipinski definition) is 0. The molecule has 0 heterocycles. The van der Waals surface area contributed by atoms with Crippen molar-refractivity contribution in [1.82, 2.24) is 0 Å². The maximum absolute atomic E-state index is 4.14. The summed E-state index contributed by atoms with van der Waals surface area (Å²) in [4.78, 5) is 0. The van der Waals surface area contributed by atoms with E-state index in [2.05, 4.69) is 157 Å². The second kappa shape index (κ2) is 12.6. The summed E-state index contributed by atoms with van der Waals surface area (Å²) < 4.78 is 6.03. The molecule has 0 nitrogen and oxygen atoms in total. The zero-order valence-corrected chi connectivity index (χ0v) is 30.9. The Morgan fingerprint density at radius 3 is 1.16 bits per heavy atom. The molecule has 0 radical (unpaired) electrons. The standard InChI is InChI=1S/C41H48GeSi/c1-10-43(11-2,12-3)24-22-37-40-27-34-19-15-13-17-32(34)25-38(40)36(21-23-42(29(4)5,30(6)7)31(8)9)39-26-33-18-14-16-20-35(33)28-41(37)39/h13-20,25-31H,10-12H2,1-9H3. The summed E-state index contributed by atoms with van der Waals surface area (Å²) in [7, 11) is -1.66. The Bertz CT molecular complexity index is 1810. The van der Waals surface area contributed by atoms with Crippen LogP contribution in [0.25, 0.3) is 43.1 Å². The summed E-state index contributed by atoms with van der Waals surface area (Å²) in [6.07, 6.45) is 0. The molecule has 43 heavy (non-hydrogen) atoms. The molecule has 0 aromatic heterocycles. The Morgan fingerprint density at radius 2 is 0.860 bits per heavy atom. The van der Waals surface area contributed by atoms with E-state index in [0.717, 1.165) is 0 Å². The first-order valence-corrected chi connectivity index (χ1v) is 23.8. The third-order valence-corrected chi connectivity index (χ3v) is 28.5. The van der Waals surface area contributed by atoms with Crippen molar-refractivity contribution in [3.63, 3.8) is 0 Å². The molecular weight excluding hydrogens is 593 g/mol. The summed E-state index contributed by atoms with van der Waals surface area (Å²) in [5.74, 6) is 7.86. The fraction of sp³-hybridized carbons (Fsp3) is 0.366. The molecule has 0 atom stereocenters. The molecule has 5 rings (SSSR count). The molecule has 0 spiro atoms. The molecule has 0 unspecified atom stereocenters. The van der Waals surface area contributed by atoms with Crippen molar-refractivity contribution in [1.29, 1.82) is 0 Å². The monoisotopic (exact) mass is 642 g/mol. The van der Waals surface area contributed by atoms with Crippen molar-refractivity contribution in [2.75, 3.05) is 0 Å². The topological polar surface area (TPSA) is 0 Å². The first kappa shape index (κ1) is 31.4. The van der Waals surface area contributed by atoms with Crippen molar-refractivity contribution in [2.45, 2.75) is 94.7 Å². The van der Waals surface area contributed by atoms with Gasteiger partial charge in [0.1, 0.15) is 0 Å². The average Bonchev–Trinajstić information content (AvgIpc) is 3.00. The van der Waals surface area contributed by atoms with Crippen LogP contribution in [0.2, 0.25) is 32.4 Å². The normalized spacial score (nSPS) is 12.4. The molecule has 0 aliphatic rings. The maximum atomic E-state index is 4.14. The van der Waals surface area contributed by atoms with Crippen LogP contribution < -0.4 is 0 Å². The third-order valence-electron chi connectivity index (χ3n) is 10.6. The third kappa shape index (κ3) is 5.57. The minimum atomic E-state index is -2.60. The molecule has 5 aromatic rings. The Kier molecular flexibility index (Phi) is 9.18. The van der Waals surface area contributed by atoms with E-state index in [-0.39, 0.29) is 0 Å². The fourth-order valence-corrected chi connectivity index (χ4v) is 21.0. The van der Waals surface area contributed by atoms with Crippen LogP contribution in [-0.2, 0) is 0 Å².